The number of nitrogen functional groups attached to an aromatic ring is 1. The van der Waals surface area contributed by atoms with Gasteiger partial charge < -0.3 is 10.6 Å². The van der Waals surface area contributed by atoms with E-state index in [0.717, 1.165) is 25.0 Å². The number of hydrogen-bond acceptors (Lipinski definition) is 3. The first-order chi connectivity index (χ1) is 9.60. The molecule has 1 saturated carbocycles. The largest absolute Gasteiger partial charge is 0.395 e. The molecule has 1 aliphatic carbocycles. The maximum Gasteiger partial charge on any atom is 0.274 e. The van der Waals surface area contributed by atoms with Crippen LogP contribution >= 0.6 is 0 Å². The van der Waals surface area contributed by atoms with E-state index < -0.39 is 0 Å². The first-order valence-corrected chi connectivity index (χ1v) is 7.33. The lowest BCUT2D eigenvalue weighted by molar-refractivity contribution is 0.0696. The summed E-state index contributed by atoms with van der Waals surface area (Å²) >= 11 is 0. The molecule has 0 aromatic carbocycles. The van der Waals surface area contributed by atoms with Crippen LogP contribution < -0.4 is 5.73 Å². The minimum Gasteiger partial charge on any atom is -0.395 e. The Morgan fingerprint density at radius 2 is 2.20 bits per heavy atom. The molecule has 0 atom stereocenters. The summed E-state index contributed by atoms with van der Waals surface area (Å²) in [5.74, 6) is -0.0241. The number of nitrogens with zero attached hydrogens (tertiary/aromatic N) is 3. The van der Waals surface area contributed by atoms with Gasteiger partial charge in [-0.25, -0.2) is 0 Å². The highest BCUT2D eigenvalue weighted by atomic mass is 16.2. The third-order valence-electron chi connectivity index (χ3n) is 4.05. The van der Waals surface area contributed by atoms with Crippen molar-refractivity contribution in [1.29, 1.82) is 0 Å². The van der Waals surface area contributed by atoms with Gasteiger partial charge in [-0.1, -0.05) is 25.8 Å². The van der Waals surface area contributed by atoms with Crippen molar-refractivity contribution in [2.75, 3.05) is 12.3 Å². The average Bonchev–Trinajstić information content (AvgIpc) is 3.03. The van der Waals surface area contributed by atoms with E-state index in [1.165, 1.54) is 12.8 Å². The summed E-state index contributed by atoms with van der Waals surface area (Å²) < 4.78 is 1.61. The van der Waals surface area contributed by atoms with Crippen molar-refractivity contribution in [2.24, 2.45) is 7.05 Å². The number of carbonyl (C=O) groups excluding carboxylic acids is 1. The van der Waals surface area contributed by atoms with Crippen LogP contribution in [0.25, 0.3) is 0 Å². The predicted octanol–water partition coefficient (Wildman–Crippen LogP) is 2.14. The van der Waals surface area contributed by atoms with Gasteiger partial charge in [0.1, 0.15) is 5.69 Å². The van der Waals surface area contributed by atoms with Gasteiger partial charge in [0, 0.05) is 19.6 Å². The zero-order valence-corrected chi connectivity index (χ0v) is 12.4. The lowest BCUT2D eigenvalue weighted by Crippen LogP contribution is -2.40. The quantitative estimate of drug-likeness (QED) is 0.838. The van der Waals surface area contributed by atoms with Crippen molar-refractivity contribution >= 4 is 11.6 Å². The van der Waals surface area contributed by atoms with Crippen molar-refractivity contribution in [1.82, 2.24) is 14.7 Å². The second-order valence-corrected chi connectivity index (χ2v) is 5.37. The third-order valence-corrected chi connectivity index (χ3v) is 4.05. The fraction of sp³-hybridized carbons (Fsp3) is 0.600. The van der Waals surface area contributed by atoms with Crippen LogP contribution in [0, 0.1) is 0 Å². The van der Waals surface area contributed by atoms with Crippen LogP contribution in [0.15, 0.2) is 12.7 Å². The average molecular weight is 276 g/mol. The molecular weight excluding hydrogens is 252 g/mol. The Balaban J connectivity index is 2.31. The molecular formula is C15H24N4O. The summed E-state index contributed by atoms with van der Waals surface area (Å²) in [6, 6.07) is 0.305. The number of hydrogen-bond donors (Lipinski definition) is 1. The highest BCUT2D eigenvalue weighted by Crippen LogP contribution is 2.27. The van der Waals surface area contributed by atoms with E-state index in [4.69, 9.17) is 5.73 Å². The van der Waals surface area contributed by atoms with Crippen molar-refractivity contribution in [3.05, 3.63) is 24.0 Å². The standard InChI is InChI=1S/C15H24N4O/c1-4-10-19(11-8-6-7-9-11)15(20)14-13(16)12(5-2)17-18(14)3/h4,11H,1,5-10,16H2,2-3H3. The van der Waals surface area contributed by atoms with Gasteiger partial charge in [0.2, 0.25) is 0 Å². The van der Waals surface area contributed by atoms with E-state index in [1.807, 2.05) is 11.8 Å². The van der Waals surface area contributed by atoms with E-state index in [9.17, 15) is 4.79 Å². The number of aryl methyl sites for hydroxylation is 2. The monoisotopic (exact) mass is 276 g/mol. The lowest BCUT2D eigenvalue weighted by Gasteiger charge is -2.28. The first-order valence-electron chi connectivity index (χ1n) is 7.33. The molecule has 110 valence electrons. The molecule has 1 aromatic heterocycles. The smallest absolute Gasteiger partial charge is 0.274 e. The molecule has 5 nitrogen and oxygen atoms in total. The zero-order valence-electron chi connectivity index (χ0n) is 12.4. The molecule has 0 unspecified atom stereocenters. The molecule has 2 rings (SSSR count). The van der Waals surface area contributed by atoms with Crippen molar-refractivity contribution in [3.63, 3.8) is 0 Å². The van der Waals surface area contributed by atoms with E-state index in [2.05, 4.69) is 11.7 Å². The number of anilines is 1. The zero-order chi connectivity index (χ0) is 14.7. The lowest BCUT2D eigenvalue weighted by atomic mass is 10.1. The van der Waals surface area contributed by atoms with Crippen LogP contribution in [0.4, 0.5) is 5.69 Å². The second-order valence-electron chi connectivity index (χ2n) is 5.37. The van der Waals surface area contributed by atoms with Crippen LogP contribution in [0.5, 0.6) is 0 Å². The Morgan fingerprint density at radius 3 is 2.70 bits per heavy atom. The maximum atomic E-state index is 12.8. The van der Waals surface area contributed by atoms with E-state index in [-0.39, 0.29) is 5.91 Å². The Morgan fingerprint density at radius 1 is 1.55 bits per heavy atom. The number of carbonyl (C=O) groups is 1. The Labute approximate surface area is 120 Å². The summed E-state index contributed by atoms with van der Waals surface area (Å²) in [4.78, 5) is 14.7. The molecule has 2 N–H and O–H groups in total. The topological polar surface area (TPSA) is 64.2 Å². The number of rotatable bonds is 5. The fourth-order valence-electron chi connectivity index (χ4n) is 3.00. The van der Waals surface area contributed by atoms with Gasteiger partial charge in [-0.3, -0.25) is 9.48 Å². The summed E-state index contributed by atoms with van der Waals surface area (Å²) in [7, 11) is 1.78. The summed E-state index contributed by atoms with van der Waals surface area (Å²) in [6.45, 7) is 6.32. The SMILES string of the molecule is C=CCN(C(=O)c1c(N)c(CC)nn1C)C1CCCC1. The molecule has 1 fully saturated rings. The Hall–Kier alpha value is -1.78. The fourth-order valence-corrected chi connectivity index (χ4v) is 3.00. The van der Waals surface area contributed by atoms with Gasteiger partial charge in [0.15, 0.2) is 0 Å². The third kappa shape index (κ3) is 2.57. The first kappa shape index (κ1) is 14.6. The maximum absolute atomic E-state index is 12.8. The van der Waals surface area contributed by atoms with Gasteiger partial charge >= 0.3 is 0 Å². The minimum absolute atomic E-state index is 0.0241. The van der Waals surface area contributed by atoms with Crippen LogP contribution in [0.3, 0.4) is 0 Å². The van der Waals surface area contributed by atoms with Gasteiger partial charge in [-0.05, 0) is 19.3 Å². The van der Waals surface area contributed by atoms with E-state index >= 15 is 0 Å². The molecule has 0 radical (unpaired) electrons. The van der Waals surface area contributed by atoms with E-state index in [1.54, 1.807) is 17.8 Å². The molecule has 1 heterocycles. The van der Waals surface area contributed by atoms with Gasteiger partial charge in [0.25, 0.3) is 5.91 Å². The summed E-state index contributed by atoms with van der Waals surface area (Å²) in [5.41, 5.74) is 7.91. The predicted molar refractivity (Wildman–Crippen MR) is 80.5 cm³/mol. The van der Waals surface area contributed by atoms with Crippen molar-refractivity contribution < 1.29 is 4.79 Å². The number of nitrogens with two attached hydrogens (primary N) is 1. The van der Waals surface area contributed by atoms with Gasteiger partial charge in [-0.15, -0.1) is 6.58 Å². The molecule has 0 saturated heterocycles. The van der Waals surface area contributed by atoms with Gasteiger partial charge in [-0.2, -0.15) is 5.10 Å². The molecule has 20 heavy (non-hydrogen) atoms. The molecule has 0 spiro atoms. The molecule has 5 heteroatoms. The van der Waals surface area contributed by atoms with Crippen LogP contribution in [0.1, 0.15) is 48.8 Å². The molecule has 1 amide bonds. The Kier molecular flexibility index (Phi) is 4.47. The minimum atomic E-state index is -0.0241. The van der Waals surface area contributed by atoms with Crippen LogP contribution in [0.2, 0.25) is 0 Å². The van der Waals surface area contributed by atoms with Crippen molar-refractivity contribution in [3.8, 4) is 0 Å². The Bertz CT molecular complexity index is 500. The normalized spacial score (nSPS) is 15.5. The van der Waals surface area contributed by atoms with Gasteiger partial charge in [0.05, 0.1) is 11.4 Å². The van der Waals surface area contributed by atoms with Crippen LogP contribution in [-0.2, 0) is 13.5 Å². The molecule has 1 aliphatic rings. The summed E-state index contributed by atoms with van der Waals surface area (Å²) in [5, 5.41) is 4.34. The summed E-state index contributed by atoms with van der Waals surface area (Å²) in [6.07, 6.45) is 7.02. The highest BCUT2D eigenvalue weighted by molar-refractivity contribution is 5.98. The van der Waals surface area contributed by atoms with Crippen LogP contribution in [-0.4, -0.2) is 33.2 Å². The molecule has 0 aliphatic heterocycles. The second kappa shape index (κ2) is 6.11. The molecule has 0 bridgehead atoms. The number of amides is 1. The highest BCUT2D eigenvalue weighted by Gasteiger charge is 2.30. The molecule has 1 aromatic rings. The van der Waals surface area contributed by atoms with Crippen molar-refractivity contribution in [2.45, 2.75) is 45.1 Å². The number of aromatic nitrogens is 2. The van der Waals surface area contributed by atoms with E-state index in [0.29, 0.717) is 24.0 Å².